The van der Waals surface area contributed by atoms with E-state index < -0.39 is 5.54 Å². The number of carbonyl (C=O) groups excluding carboxylic acids is 3. The summed E-state index contributed by atoms with van der Waals surface area (Å²) in [6, 6.07) is 9.11. The number of fused-ring (bicyclic) bond motifs is 1. The van der Waals surface area contributed by atoms with E-state index in [-0.39, 0.29) is 36.2 Å². The molecule has 2 atom stereocenters. The highest BCUT2D eigenvalue weighted by molar-refractivity contribution is 6.27. The molecule has 2 saturated heterocycles. The van der Waals surface area contributed by atoms with E-state index in [0.717, 1.165) is 24.8 Å². The first-order chi connectivity index (χ1) is 13.1. The van der Waals surface area contributed by atoms with Crippen molar-refractivity contribution in [3.8, 4) is 0 Å². The summed E-state index contributed by atoms with van der Waals surface area (Å²) < 4.78 is 0. The minimum atomic E-state index is -0.731. The maximum absolute atomic E-state index is 13.1. The van der Waals surface area contributed by atoms with Crippen molar-refractivity contribution < 1.29 is 14.4 Å². The zero-order valence-electron chi connectivity index (χ0n) is 15.4. The fourth-order valence-corrected chi connectivity index (χ4v) is 4.29. The van der Waals surface area contributed by atoms with Gasteiger partial charge in [0.05, 0.1) is 6.04 Å². The van der Waals surface area contributed by atoms with Crippen LogP contribution in [-0.2, 0) is 14.4 Å². The summed E-state index contributed by atoms with van der Waals surface area (Å²) in [4.78, 5) is 39.2. The van der Waals surface area contributed by atoms with Crippen molar-refractivity contribution in [2.45, 2.75) is 50.1 Å². The third-order valence-electron chi connectivity index (χ3n) is 5.57. The molecule has 0 radical (unpaired) electrons. The van der Waals surface area contributed by atoms with Crippen LogP contribution in [0.25, 0.3) is 0 Å². The molecule has 3 amide bonds. The molecule has 2 aliphatic rings. The molecule has 2 aliphatic heterocycles. The number of alkyl halides is 1. The molecular formula is C20H26ClN3O3. The Hall–Kier alpha value is -2.08. The largest absolute Gasteiger partial charge is 0.352 e. The van der Waals surface area contributed by atoms with Crippen LogP contribution in [0.15, 0.2) is 30.3 Å². The van der Waals surface area contributed by atoms with E-state index in [9.17, 15) is 14.4 Å². The summed E-state index contributed by atoms with van der Waals surface area (Å²) in [5.41, 5.74) is 0.166. The molecule has 7 heteroatoms. The maximum Gasteiger partial charge on any atom is 0.246 e. The van der Waals surface area contributed by atoms with Crippen molar-refractivity contribution in [2.75, 3.05) is 19.0 Å². The molecule has 0 aromatic heterocycles. The predicted molar refractivity (Wildman–Crippen MR) is 103 cm³/mol. The van der Waals surface area contributed by atoms with E-state index >= 15 is 0 Å². The first-order valence-corrected chi connectivity index (χ1v) is 10.1. The van der Waals surface area contributed by atoms with Crippen LogP contribution in [0.1, 0.15) is 50.1 Å². The van der Waals surface area contributed by atoms with Crippen molar-refractivity contribution in [1.82, 2.24) is 15.5 Å². The SMILES string of the molecule is O=C(CCl)NC(CNC(=O)C12CCCCC(=O)N1CCC2)c1ccccc1. The van der Waals surface area contributed by atoms with Crippen molar-refractivity contribution in [2.24, 2.45) is 0 Å². The van der Waals surface area contributed by atoms with Crippen LogP contribution in [0.5, 0.6) is 0 Å². The van der Waals surface area contributed by atoms with Gasteiger partial charge in [0.2, 0.25) is 17.7 Å². The fourth-order valence-electron chi connectivity index (χ4n) is 4.21. The van der Waals surface area contributed by atoms with Gasteiger partial charge in [0, 0.05) is 19.5 Å². The highest BCUT2D eigenvalue weighted by Crippen LogP contribution is 2.37. The van der Waals surface area contributed by atoms with E-state index in [2.05, 4.69) is 10.6 Å². The van der Waals surface area contributed by atoms with Gasteiger partial charge in [0.15, 0.2) is 0 Å². The molecule has 0 bridgehead atoms. The molecule has 0 aliphatic carbocycles. The number of amides is 3. The molecule has 146 valence electrons. The number of nitrogens with zero attached hydrogens (tertiary/aromatic N) is 1. The van der Waals surface area contributed by atoms with E-state index in [1.54, 1.807) is 4.90 Å². The number of rotatable bonds is 6. The van der Waals surface area contributed by atoms with Gasteiger partial charge in [0.1, 0.15) is 11.4 Å². The second kappa shape index (κ2) is 8.74. The van der Waals surface area contributed by atoms with Gasteiger partial charge >= 0.3 is 0 Å². The lowest BCUT2D eigenvalue weighted by Crippen LogP contribution is -2.57. The van der Waals surface area contributed by atoms with Crippen LogP contribution in [0, 0.1) is 0 Å². The standard InChI is InChI=1S/C20H26ClN3O3/c21-13-17(25)23-16(15-7-2-1-3-8-15)14-22-19(27)20-10-5-4-9-18(26)24(20)12-6-11-20/h1-3,7-8,16H,4-6,9-14H2,(H,22,27)(H,23,25). The van der Waals surface area contributed by atoms with Crippen LogP contribution in [0.2, 0.25) is 0 Å². The van der Waals surface area contributed by atoms with Gasteiger partial charge in [-0.05, 0) is 31.2 Å². The van der Waals surface area contributed by atoms with Crippen LogP contribution in [0.4, 0.5) is 0 Å². The van der Waals surface area contributed by atoms with Crippen LogP contribution in [0.3, 0.4) is 0 Å². The van der Waals surface area contributed by atoms with Gasteiger partial charge in [-0.25, -0.2) is 0 Å². The monoisotopic (exact) mass is 391 g/mol. The summed E-state index contributed by atoms with van der Waals surface area (Å²) in [6.45, 7) is 0.909. The van der Waals surface area contributed by atoms with Crippen molar-refractivity contribution >= 4 is 29.3 Å². The second-order valence-electron chi connectivity index (χ2n) is 7.26. The number of benzene rings is 1. The minimum Gasteiger partial charge on any atom is -0.352 e. The average molecular weight is 392 g/mol. The Morgan fingerprint density at radius 3 is 2.63 bits per heavy atom. The summed E-state index contributed by atoms with van der Waals surface area (Å²) in [5.74, 6) is -0.458. The summed E-state index contributed by atoms with van der Waals surface area (Å²) >= 11 is 5.63. The number of hydrogen-bond acceptors (Lipinski definition) is 3. The smallest absolute Gasteiger partial charge is 0.246 e. The number of halogens is 1. The molecule has 6 nitrogen and oxygen atoms in total. The molecule has 2 N–H and O–H groups in total. The number of hydrogen-bond donors (Lipinski definition) is 2. The highest BCUT2D eigenvalue weighted by Gasteiger charge is 2.49. The third-order valence-corrected chi connectivity index (χ3v) is 5.81. The third kappa shape index (κ3) is 4.26. The second-order valence-corrected chi connectivity index (χ2v) is 7.53. The maximum atomic E-state index is 13.1. The Kier molecular flexibility index (Phi) is 6.37. The topological polar surface area (TPSA) is 78.5 Å². The Morgan fingerprint density at radius 1 is 1.15 bits per heavy atom. The molecule has 1 aromatic carbocycles. The van der Waals surface area contributed by atoms with Gasteiger partial charge in [-0.2, -0.15) is 0 Å². The lowest BCUT2D eigenvalue weighted by Gasteiger charge is -2.36. The zero-order chi connectivity index (χ0) is 19.3. The molecule has 27 heavy (non-hydrogen) atoms. The highest BCUT2D eigenvalue weighted by atomic mass is 35.5. The lowest BCUT2D eigenvalue weighted by molar-refractivity contribution is -0.144. The predicted octanol–water partition coefficient (Wildman–Crippen LogP) is 2.13. The Labute approximate surface area is 164 Å². The number of carbonyl (C=O) groups is 3. The van der Waals surface area contributed by atoms with E-state index in [4.69, 9.17) is 11.6 Å². The van der Waals surface area contributed by atoms with Crippen LogP contribution in [-0.4, -0.2) is 47.1 Å². The van der Waals surface area contributed by atoms with Gasteiger partial charge in [-0.1, -0.05) is 36.8 Å². The molecule has 2 unspecified atom stereocenters. The average Bonchev–Trinajstić information content (AvgIpc) is 3.07. The Bertz CT molecular complexity index is 697. The van der Waals surface area contributed by atoms with Gasteiger partial charge in [0.25, 0.3) is 0 Å². The Morgan fingerprint density at radius 2 is 1.89 bits per heavy atom. The molecule has 3 rings (SSSR count). The van der Waals surface area contributed by atoms with Crippen molar-refractivity contribution in [1.29, 1.82) is 0 Å². The fraction of sp³-hybridized carbons (Fsp3) is 0.550. The van der Waals surface area contributed by atoms with E-state index in [0.29, 0.717) is 25.8 Å². The van der Waals surface area contributed by atoms with E-state index in [1.807, 2.05) is 30.3 Å². The zero-order valence-corrected chi connectivity index (χ0v) is 16.1. The summed E-state index contributed by atoms with van der Waals surface area (Å²) in [6.07, 6.45) is 4.49. The first-order valence-electron chi connectivity index (χ1n) is 9.56. The minimum absolute atomic E-state index is 0.0789. The van der Waals surface area contributed by atoms with Gasteiger partial charge in [-0.15, -0.1) is 11.6 Å². The summed E-state index contributed by atoms with van der Waals surface area (Å²) in [5, 5.41) is 5.85. The van der Waals surface area contributed by atoms with E-state index in [1.165, 1.54) is 0 Å². The molecule has 2 fully saturated rings. The Balaban J connectivity index is 1.73. The lowest BCUT2D eigenvalue weighted by atomic mass is 9.89. The molecule has 0 saturated carbocycles. The van der Waals surface area contributed by atoms with Gasteiger partial charge in [-0.3, -0.25) is 14.4 Å². The van der Waals surface area contributed by atoms with Crippen LogP contribution >= 0.6 is 11.6 Å². The molecular weight excluding hydrogens is 366 g/mol. The van der Waals surface area contributed by atoms with Gasteiger partial charge < -0.3 is 15.5 Å². The number of nitrogens with one attached hydrogen (secondary N) is 2. The van der Waals surface area contributed by atoms with Crippen LogP contribution < -0.4 is 10.6 Å². The summed E-state index contributed by atoms with van der Waals surface area (Å²) in [7, 11) is 0. The van der Waals surface area contributed by atoms with Crippen molar-refractivity contribution in [3.63, 3.8) is 0 Å². The van der Waals surface area contributed by atoms with Crippen molar-refractivity contribution in [3.05, 3.63) is 35.9 Å². The quantitative estimate of drug-likeness (QED) is 0.729. The molecule has 2 heterocycles. The molecule has 1 aromatic rings. The first kappa shape index (κ1) is 19.7. The molecule has 0 spiro atoms. The normalized spacial score (nSPS) is 23.3.